The molecule has 36 heteroatoms. The number of hydrogen-bond acceptors (Lipinski definition) is 30. The van der Waals surface area contributed by atoms with Crippen molar-refractivity contribution in [2.45, 2.75) is 180 Å². The summed E-state index contributed by atoms with van der Waals surface area (Å²) in [4.78, 5) is 49.7. The maximum absolute atomic E-state index is 13.0. The fraction of sp³-hybridized carbons (Fsp3) is 0.897. The van der Waals surface area contributed by atoms with Crippen molar-refractivity contribution in [1.82, 2.24) is 16.0 Å². The first-order valence-electron chi connectivity index (χ1n) is 22.8. The smallest absolute Gasteiger partial charge is 0.397 e. The zero-order valence-electron chi connectivity index (χ0n) is 39.9. The highest BCUT2D eigenvalue weighted by Gasteiger charge is 2.61. The predicted octanol–water partition coefficient (Wildman–Crippen LogP) is -12.8. The molecule has 4 fully saturated rings. The maximum Gasteiger partial charge on any atom is 0.397 e. The van der Waals surface area contributed by atoms with E-state index in [0.29, 0.717) is 0 Å². The molecule has 436 valence electrons. The van der Waals surface area contributed by atoms with Gasteiger partial charge in [0.1, 0.15) is 110 Å². The van der Waals surface area contributed by atoms with Crippen LogP contribution in [0.25, 0.3) is 0 Å². The zero-order valence-corrected chi connectivity index (χ0v) is 40.8. The van der Waals surface area contributed by atoms with Crippen molar-refractivity contribution in [3.8, 4) is 0 Å². The molecule has 3 amide bonds. The Bertz CT molecular complexity index is 1980. The van der Waals surface area contributed by atoms with Gasteiger partial charge in [-0.25, -0.2) is 8.98 Å². The highest BCUT2D eigenvalue weighted by Crippen LogP contribution is 2.39. The van der Waals surface area contributed by atoms with E-state index < -0.39 is 233 Å². The fourth-order valence-electron chi connectivity index (χ4n) is 8.68. The van der Waals surface area contributed by atoms with Crippen molar-refractivity contribution in [2.75, 3.05) is 39.6 Å². The standard InChI is InChI=1S/C39H67N3O32S/c1-11(48)40-14(5-43)30(23(54)16(52)6-44)70-36-28(59)33(25(56)18(8-46)67-36)72-35-22(42-13(3)50)27(58)31(20(69-35)10-66-75(63,64)65)71-37-29(60)34(26(57)19(9-47)68-37)74-39(38(61)62)4-15(51)21(41-12(2)49)32(73-39)24(55)17(53)7-45/h14-37,43-47,51-60H,4-10H2,1-3H3,(H,40,48)(H,41,49)(H,42,50)(H,61,62)(H,63,64,65)/t14-,15-,16+,17+,18+,19+,20+,21+,22+,23-,24+,25-,26-,27+,28+,29+,30+,31+,32+,33-,34-,35-,36-,37-,39-/m0/s1. The van der Waals surface area contributed by atoms with Gasteiger partial charge < -0.3 is 136 Å². The van der Waals surface area contributed by atoms with Gasteiger partial charge in [0, 0.05) is 27.2 Å². The van der Waals surface area contributed by atoms with E-state index in [2.05, 4.69) is 20.1 Å². The SMILES string of the molecule is CC(=O)N[C@H]1[C@H](O[C@H]2[C@@H](O)[C@@H](CO)O[C@@H](O[C@@H]([C@@H](O)[C@H](O)CO)[C@H](CO)NC(C)=O)[C@@H]2O)O[C@H](COS(=O)(=O)O)[C@@H](O[C@@H]2O[C@H](CO)[C@H](O)[C@H](O[C@]3(C(=O)O)C[C@H](O)[C@@H](NC(C)=O)[C@H]([C@H](O)[C@H](O)CO)O3)[C@H]2O)[C@@H]1O. The summed E-state index contributed by atoms with van der Waals surface area (Å²) >= 11 is 0. The third-order valence-corrected chi connectivity index (χ3v) is 12.8. The van der Waals surface area contributed by atoms with E-state index in [1.807, 2.05) is 0 Å². The predicted molar refractivity (Wildman–Crippen MR) is 231 cm³/mol. The number of nitrogens with one attached hydrogen (secondary N) is 3. The molecule has 4 rings (SSSR count). The lowest BCUT2D eigenvalue weighted by atomic mass is 9.88. The molecule has 0 aliphatic carbocycles. The monoisotopic (exact) mass is 1120 g/mol. The minimum atomic E-state index is -5.45. The second-order valence-corrected chi connectivity index (χ2v) is 19.0. The van der Waals surface area contributed by atoms with Crippen LogP contribution in [0.1, 0.15) is 27.2 Å². The fourth-order valence-corrected chi connectivity index (χ4v) is 8.98. The van der Waals surface area contributed by atoms with E-state index in [1.54, 1.807) is 0 Å². The lowest BCUT2D eigenvalue weighted by molar-refractivity contribution is -0.387. The molecule has 0 aromatic rings. The molecule has 0 unspecified atom stereocenters. The number of amides is 3. The third-order valence-electron chi connectivity index (χ3n) is 12.4. The van der Waals surface area contributed by atoms with Crippen LogP contribution in [0.4, 0.5) is 0 Å². The van der Waals surface area contributed by atoms with Gasteiger partial charge in [-0.15, -0.1) is 0 Å². The normalized spacial score (nSPS) is 39.0. The number of rotatable bonds is 25. The number of aliphatic carboxylic acids is 1. The van der Waals surface area contributed by atoms with E-state index >= 15 is 0 Å². The van der Waals surface area contributed by atoms with E-state index in [9.17, 15) is 114 Å². The molecule has 4 saturated heterocycles. The number of hydrogen-bond donors (Lipinski definition) is 20. The molecule has 20 N–H and O–H groups in total. The second kappa shape index (κ2) is 27.6. The van der Waals surface area contributed by atoms with Crippen LogP contribution in [0.2, 0.25) is 0 Å². The van der Waals surface area contributed by atoms with Gasteiger partial charge in [0.15, 0.2) is 18.9 Å². The number of carboxylic acids is 1. The molecular formula is C39H67N3O32S. The Balaban J connectivity index is 1.73. The van der Waals surface area contributed by atoms with Crippen LogP contribution in [0.15, 0.2) is 0 Å². The van der Waals surface area contributed by atoms with Gasteiger partial charge in [-0.3, -0.25) is 18.9 Å². The Morgan fingerprint density at radius 3 is 1.68 bits per heavy atom. The molecule has 75 heavy (non-hydrogen) atoms. The summed E-state index contributed by atoms with van der Waals surface area (Å²) in [6.07, 6.45) is -47.2. The molecule has 0 bridgehead atoms. The van der Waals surface area contributed by atoms with Crippen LogP contribution >= 0.6 is 0 Å². The molecule has 4 aliphatic rings. The summed E-state index contributed by atoms with van der Waals surface area (Å²) in [6.45, 7) is -4.18. The van der Waals surface area contributed by atoms with Crippen LogP contribution in [0.3, 0.4) is 0 Å². The van der Waals surface area contributed by atoms with E-state index in [-0.39, 0.29) is 0 Å². The molecule has 0 saturated carbocycles. The quantitative estimate of drug-likeness (QED) is 0.0378. The van der Waals surface area contributed by atoms with Gasteiger partial charge in [0.05, 0.1) is 57.8 Å². The minimum Gasteiger partial charge on any atom is -0.477 e. The molecule has 25 atom stereocenters. The van der Waals surface area contributed by atoms with Gasteiger partial charge in [0.2, 0.25) is 17.7 Å². The van der Waals surface area contributed by atoms with Gasteiger partial charge in [0.25, 0.3) is 5.79 Å². The lowest BCUT2D eigenvalue weighted by Crippen LogP contribution is -2.71. The Kier molecular flexibility index (Phi) is 23.7. The van der Waals surface area contributed by atoms with Crippen LogP contribution < -0.4 is 16.0 Å². The number of carbonyl (C=O) groups excluding carboxylic acids is 3. The minimum absolute atomic E-state index is 0.813. The molecule has 0 aromatic heterocycles. The molecule has 35 nitrogen and oxygen atoms in total. The number of carboxylic acid groups (broad SMARTS) is 1. The van der Waals surface area contributed by atoms with Gasteiger partial charge in [-0.05, 0) is 0 Å². The summed E-state index contributed by atoms with van der Waals surface area (Å²) in [5, 5.41) is 178. The number of ether oxygens (including phenoxy) is 8. The summed E-state index contributed by atoms with van der Waals surface area (Å²) < 4.78 is 83.2. The highest BCUT2D eigenvalue weighted by atomic mass is 32.3. The summed E-state index contributed by atoms with van der Waals surface area (Å²) in [5.74, 6) is -8.08. The molecule has 0 spiro atoms. The van der Waals surface area contributed by atoms with E-state index in [0.717, 1.165) is 20.8 Å². The maximum atomic E-state index is 13.0. The average molecular weight is 1120 g/mol. The molecular weight excluding hydrogens is 1050 g/mol. The first-order valence-corrected chi connectivity index (χ1v) is 24.2. The van der Waals surface area contributed by atoms with Crippen molar-refractivity contribution in [1.29, 1.82) is 0 Å². The van der Waals surface area contributed by atoms with Crippen LogP contribution in [-0.2, 0) is 71.7 Å². The van der Waals surface area contributed by atoms with Gasteiger partial charge >= 0.3 is 16.4 Å². The molecule has 0 radical (unpaired) electrons. The highest BCUT2D eigenvalue weighted by molar-refractivity contribution is 7.80. The number of aliphatic hydroxyl groups is 15. The van der Waals surface area contributed by atoms with Crippen LogP contribution in [-0.4, -0.2) is 311 Å². The Hall–Kier alpha value is -3.17. The van der Waals surface area contributed by atoms with E-state index in [1.165, 1.54) is 0 Å². The number of aliphatic hydroxyl groups excluding tert-OH is 15. The van der Waals surface area contributed by atoms with Crippen molar-refractivity contribution in [3.05, 3.63) is 0 Å². The first-order chi connectivity index (χ1) is 35.0. The van der Waals surface area contributed by atoms with Gasteiger partial charge in [-0.2, -0.15) is 8.42 Å². The first kappa shape index (κ1) is 64.4. The Morgan fingerprint density at radius 1 is 0.653 bits per heavy atom. The lowest BCUT2D eigenvalue weighted by Gasteiger charge is -2.51. The van der Waals surface area contributed by atoms with Crippen molar-refractivity contribution < 1.29 is 156 Å². The van der Waals surface area contributed by atoms with E-state index in [4.69, 9.17) is 37.9 Å². The largest absolute Gasteiger partial charge is 0.477 e. The number of carbonyl (C=O) groups is 4. The second-order valence-electron chi connectivity index (χ2n) is 17.9. The average Bonchev–Trinajstić information content (AvgIpc) is 3.34. The van der Waals surface area contributed by atoms with Crippen molar-refractivity contribution in [3.63, 3.8) is 0 Å². The topological polar surface area (TPSA) is 565 Å². The molecule has 4 heterocycles. The van der Waals surface area contributed by atoms with Gasteiger partial charge in [-0.1, -0.05) is 0 Å². The van der Waals surface area contributed by atoms with Crippen molar-refractivity contribution >= 4 is 34.1 Å². The van der Waals surface area contributed by atoms with Crippen LogP contribution in [0.5, 0.6) is 0 Å². The summed E-state index contributed by atoms with van der Waals surface area (Å²) in [7, 11) is -5.45. The molecule has 4 aliphatic heterocycles. The summed E-state index contributed by atoms with van der Waals surface area (Å²) in [6, 6.07) is -5.36. The Morgan fingerprint density at radius 2 is 1.17 bits per heavy atom. The van der Waals surface area contributed by atoms with Crippen LogP contribution in [0, 0.1) is 0 Å². The Labute approximate surface area is 424 Å². The molecule has 0 aromatic carbocycles. The van der Waals surface area contributed by atoms with Crippen molar-refractivity contribution in [2.24, 2.45) is 0 Å². The summed E-state index contributed by atoms with van der Waals surface area (Å²) in [5.41, 5.74) is 0. The third kappa shape index (κ3) is 15.8. The zero-order chi connectivity index (χ0) is 56.6.